The van der Waals surface area contributed by atoms with Gasteiger partial charge in [0.2, 0.25) is 0 Å². The van der Waals surface area contributed by atoms with Gasteiger partial charge in [0.05, 0.1) is 33.0 Å². The molecule has 0 aliphatic rings. The molecule has 0 unspecified atom stereocenters. The van der Waals surface area contributed by atoms with Crippen molar-refractivity contribution in [1.29, 1.82) is 0 Å². The van der Waals surface area contributed by atoms with Gasteiger partial charge in [-0.25, -0.2) is 0 Å². The maximum Gasteiger partial charge on any atom is 0.183 e. The lowest BCUT2D eigenvalue weighted by Gasteiger charge is -2.21. The van der Waals surface area contributed by atoms with Crippen LogP contribution in [-0.2, 0) is 13.9 Å². The molecule has 4 nitrogen and oxygen atoms in total. The van der Waals surface area contributed by atoms with Crippen LogP contribution >= 0.6 is 0 Å². The molecule has 0 aromatic heterocycles. The molecule has 0 saturated carbocycles. The van der Waals surface area contributed by atoms with E-state index in [1.54, 1.807) is 0 Å². The Morgan fingerprint density at radius 1 is 0.682 bits per heavy atom. The lowest BCUT2D eigenvalue weighted by Crippen LogP contribution is -2.30. The van der Waals surface area contributed by atoms with Gasteiger partial charge in [-0.15, -0.1) is 0 Å². The zero-order valence-electron chi connectivity index (χ0n) is 15.7. The first-order chi connectivity index (χ1) is 10.5. The molecule has 0 fully saturated rings. The normalized spacial score (nSPS) is 12.3. The molecule has 0 aliphatic carbocycles. The number of hydrogen-bond acceptors (Lipinski definition) is 4. The summed E-state index contributed by atoms with van der Waals surface area (Å²) in [6.45, 7) is 18.0. The molecule has 0 radical (unpaired) electrons. The van der Waals surface area contributed by atoms with Crippen molar-refractivity contribution in [2.45, 2.75) is 59.2 Å². The Kier molecular flexibility index (Phi) is 14.7. The minimum Gasteiger partial charge on any atom is -0.415 e. The third kappa shape index (κ3) is 16.4. The second-order valence-electron chi connectivity index (χ2n) is 6.73. The molecule has 0 spiro atoms. The lowest BCUT2D eigenvalue weighted by atomic mass is 10.2. The molecule has 0 bridgehead atoms. The van der Waals surface area contributed by atoms with Crippen molar-refractivity contribution in [2.24, 2.45) is 0 Å². The highest BCUT2D eigenvalue weighted by molar-refractivity contribution is 6.69. The van der Waals surface area contributed by atoms with Gasteiger partial charge in [-0.05, 0) is 45.6 Å². The van der Waals surface area contributed by atoms with E-state index in [2.05, 4.69) is 38.4 Å². The van der Waals surface area contributed by atoms with Crippen LogP contribution in [0.15, 0.2) is 0 Å². The van der Waals surface area contributed by atoms with E-state index in [-0.39, 0.29) is 0 Å². The second kappa shape index (κ2) is 14.6. The quantitative estimate of drug-likeness (QED) is 0.318. The first-order valence-electron chi connectivity index (χ1n) is 9.01. The first kappa shape index (κ1) is 22.1. The highest BCUT2D eigenvalue weighted by Crippen LogP contribution is 2.01. The van der Waals surface area contributed by atoms with Crippen LogP contribution in [0.5, 0.6) is 0 Å². The van der Waals surface area contributed by atoms with Crippen molar-refractivity contribution < 1.29 is 13.9 Å². The molecule has 0 aliphatic heterocycles. The van der Waals surface area contributed by atoms with Crippen LogP contribution in [-0.4, -0.2) is 65.9 Å². The van der Waals surface area contributed by atoms with Crippen molar-refractivity contribution in [2.75, 3.05) is 52.7 Å². The van der Waals surface area contributed by atoms with Gasteiger partial charge in [0.25, 0.3) is 0 Å². The standard InChI is InChI=1S/C17H39NO3Si/c1-6-8-10-18(11-9-7-2)12-13-19-14-15-20-16-17-21-22(3,4)5/h6-17H2,1-5H3. The summed E-state index contributed by atoms with van der Waals surface area (Å²) in [4.78, 5) is 2.52. The van der Waals surface area contributed by atoms with Crippen LogP contribution in [0, 0.1) is 0 Å². The minimum atomic E-state index is -1.39. The number of ether oxygens (including phenoxy) is 2. The van der Waals surface area contributed by atoms with E-state index in [1.165, 1.54) is 38.8 Å². The number of hydrogen-bond donors (Lipinski definition) is 0. The average Bonchev–Trinajstić information content (AvgIpc) is 2.46. The van der Waals surface area contributed by atoms with E-state index in [1.807, 2.05) is 0 Å². The third-order valence-corrected chi connectivity index (χ3v) is 4.41. The van der Waals surface area contributed by atoms with Crippen molar-refractivity contribution in [3.63, 3.8) is 0 Å². The van der Waals surface area contributed by atoms with E-state index in [0.29, 0.717) is 26.4 Å². The predicted octanol–water partition coefficient (Wildman–Crippen LogP) is 3.77. The summed E-state index contributed by atoms with van der Waals surface area (Å²) in [5, 5.41) is 0. The Labute approximate surface area is 139 Å². The average molecular weight is 334 g/mol. The van der Waals surface area contributed by atoms with E-state index in [0.717, 1.165) is 13.2 Å². The Hall–Kier alpha value is 0.0569. The molecule has 0 heterocycles. The van der Waals surface area contributed by atoms with Crippen molar-refractivity contribution in [3.05, 3.63) is 0 Å². The fourth-order valence-electron chi connectivity index (χ4n) is 2.02. The summed E-state index contributed by atoms with van der Waals surface area (Å²) in [7, 11) is -1.39. The lowest BCUT2D eigenvalue weighted by molar-refractivity contribution is 0.0283. The molecule has 0 aromatic carbocycles. The molecule has 134 valence electrons. The van der Waals surface area contributed by atoms with Crippen LogP contribution in [0.4, 0.5) is 0 Å². The predicted molar refractivity (Wildman–Crippen MR) is 97.2 cm³/mol. The highest BCUT2D eigenvalue weighted by atomic mass is 28.4. The van der Waals surface area contributed by atoms with Gasteiger partial charge in [-0.3, -0.25) is 0 Å². The zero-order valence-corrected chi connectivity index (χ0v) is 16.7. The Bertz CT molecular complexity index is 226. The van der Waals surface area contributed by atoms with Crippen LogP contribution in [0.2, 0.25) is 19.6 Å². The summed E-state index contributed by atoms with van der Waals surface area (Å²) in [6, 6.07) is 0. The number of rotatable bonds is 16. The second-order valence-corrected chi connectivity index (χ2v) is 11.2. The molecule has 0 atom stereocenters. The summed E-state index contributed by atoms with van der Waals surface area (Å²) in [5.41, 5.74) is 0. The summed E-state index contributed by atoms with van der Waals surface area (Å²) in [6.07, 6.45) is 5.08. The van der Waals surface area contributed by atoms with Gasteiger partial charge in [0, 0.05) is 6.54 Å². The Morgan fingerprint density at radius 3 is 1.68 bits per heavy atom. The van der Waals surface area contributed by atoms with Crippen molar-refractivity contribution >= 4 is 8.32 Å². The van der Waals surface area contributed by atoms with Crippen molar-refractivity contribution in [1.82, 2.24) is 4.90 Å². The summed E-state index contributed by atoms with van der Waals surface area (Å²) in [5.74, 6) is 0. The van der Waals surface area contributed by atoms with E-state index < -0.39 is 8.32 Å². The molecular weight excluding hydrogens is 294 g/mol. The first-order valence-corrected chi connectivity index (χ1v) is 12.4. The highest BCUT2D eigenvalue weighted by Gasteiger charge is 2.13. The van der Waals surface area contributed by atoms with Gasteiger partial charge in [0.15, 0.2) is 8.32 Å². The molecule has 5 heteroatoms. The smallest absolute Gasteiger partial charge is 0.183 e. The molecule has 0 aromatic rings. The number of nitrogens with zero attached hydrogens (tertiary/aromatic N) is 1. The van der Waals surface area contributed by atoms with Gasteiger partial charge in [-0.1, -0.05) is 26.7 Å². The SMILES string of the molecule is CCCCN(CCCC)CCOCCOCCO[Si](C)(C)C. The van der Waals surface area contributed by atoms with Crippen molar-refractivity contribution in [3.8, 4) is 0 Å². The molecule has 22 heavy (non-hydrogen) atoms. The largest absolute Gasteiger partial charge is 0.415 e. The number of unbranched alkanes of at least 4 members (excludes halogenated alkanes) is 2. The fraction of sp³-hybridized carbons (Fsp3) is 1.00. The maximum atomic E-state index is 5.73. The Balaban J connectivity index is 3.44. The van der Waals surface area contributed by atoms with Crippen LogP contribution < -0.4 is 0 Å². The van der Waals surface area contributed by atoms with Gasteiger partial charge in [-0.2, -0.15) is 0 Å². The van der Waals surface area contributed by atoms with Gasteiger partial charge in [0.1, 0.15) is 0 Å². The molecule has 0 rings (SSSR count). The summed E-state index contributed by atoms with van der Waals surface area (Å²) < 4.78 is 16.9. The molecule has 0 amide bonds. The van der Waals surface area contributed by atoms with Gasteiger partial charge >= 0.3 is 0 Å². The minimum absolute atomic E-state index is 0.666. The van der Waals surface area contributed by atoms with E-state index in [4.69, 9.17) is 13.9 Å². The maximum absolute atomic E-state index is 5.73. The van der Waals surface area contributed by atoms with E-state index in [9.17, 15) is 0 Å². The van der Waals surface area contributed by atoms with Crippen LogP contribution in [0.1, 0.15) is 39.5 Å². The molecular formula is C17H39NO3Si. The topological polar surface area (TPSA) is 30.9 Å². The Morgan fingerprint density at radius 2 is 1.18 bits per heavy atom. The monoisotopic (exact) mass is 333 g/mol. The van der Waals surface area contributed by atoms with Gasteiger partial charge < -0.3 is 18.8 Å². The van der Waals surface area contributed by atoms with E-state index >= 15 is 0 Å². The molecule has 0 saturated heterocycles. The third-order valence-electron chi connectivity index (χ3n) is 3.34. The van der Waals surface area contributed by atoms with Crippen LogP contribution in [0.25, 0.3) is 0 Å². The molecule has 0 N–H and O–H groups in total. The fourth-order valence-corrected chi connectivity index (χ4v) is 2.72. The zero-order chi connectivity index (χ0) is 16.7. The van der Waals surface area contributed by atoms with Crippen LogP contribution in [0.3, 0.4) is 0 Å². The summed E-state index contributed by atoms with van der Waals surface area (Å²) >= 11 is 0.